The van der Waals surface area contributed by atoms with E-state index in [9.17, 15) is 20.4 Å². The van der Waals surface area contributed by atoms with Crippen molar-refractivity contribution >= 4 is 5.57 Å². The zero-order valence-electron chi connectivity index (χ0n) is 9.61. The monoisotopic (exact) mass is 249 g/mol. The predicted octanol–water partition coefficient (Wildman–Crippen LogP) is -0.656. The van der Waals surface area contributed by atoms with E-state index < -0.39 is 24.4 Å². The second-order valence-corrected chi connectivity index (χ2v) is 4.76. The van der Waals surface area contributed by atoms with Gasteiger partial charge < -0.3 is 25.7 Å². The highest BCUT2D eigenvalue weighted by Gasteiger charge is 2.40. The molecule has 1 aliphatic heterocycles. The van der Waals surface area contributed by atoms with Crippen molar-refractivity contribution in [3.8, 4) is 5.75 Å². The van der Waals surface area contributed by atoms with Crippen molar-refractivity contribution in [1.29, 1.82) is 0 Å². The van der Waals surface area contributed by atoms with Gasteiger partial charge in [-0.2, -0.15) is 0 Å². The number of hydrogen-bond acceptors (Lipinski definition) is 5. The Kier molecular flexibility index (Phi) is 2.64. The fraction of sp³-hybridized carbons (Fsp3) is 0.385. The largest absolute Gasteiger partial charge is 0.508 e. The van der Waals surface area contributed by atoms with Crippen LogP contribution < -0.4 is 5.32 Å². The molecule has 0 amide bonds. The topological polar surface area (TPSA) is 93.0 Å². The van der Waals surface area contributed by atoms with Crippen molar-refractivity contribution < 1.29 is 20.4 Å². The van der Waals surface area contributed by atoms with E-state index in [-0.39, 0.29) is 5.75 Å². The van der Waals surface area contributed by atoms with Gasteiger partial charge in [0, 0.05) is 12.1 Å². The van der Waals surface area contributed by atoms with Gasteiger partial charge in [0.2, 0.25) is 0 Å². The van der Waals surface area contributed by atoms with E-state index in [0.717, 1.165) is 16.7 Å². The molecule has 1 aromatic carbocycles. The van der Waals surface area contributed by atoms with E-state index in [1.807, 2.05) is 6.07 Å². The normalized spacial score (nSPS) is 34.5. The van der Waals surface area contributed by atoms with Gasteiger partial charge in [0.1, 0.15) is 24.1 Å². The molecule has 0 spiro atoms. The molecule has 0 radical (unpaired) electrons. The molecule has 4 unspecified atom stereocenters. The highest BCUT2D eigenvalue weighted by molar-refractivity contribution is 5.77. The predicted molar refractivity (Wildman–Crippen MR) is 64.7 cm³/mol. The summed E-state index contributed by atoms with van der Waals surface area (Å²) in [4.78, 5) is 0. The Morgan fingerprint density at radius 2 is 1.89 bits per heavy atom. The van der Waals surface area contributed by atoms with Crippen LogP contribution in [0.1, 0.15) is 11.1 Å². The minimum Gasteiger partial charge on any atom is -0.508 e. The van der Waals surface area contributed by atoms with Crippen LogP contribution in [0, 0.1) is 0 Å². The van der Waals surface area contributed by atoms with E-state index >= 15 is 0 Å². The van der Waals surface area contributed by atoms with Crippen LogP contribution in [0.25, 0.3) is 5.57 Å². The van der Waals surface area contributed by atoms with Crippen LogP contribution in [0.4, 0.5) is 0 Å². The zero-order chi connectivity index (χ0) is 12.9. The van der Waals surface area contributed by atoms with Gasteiger partial charge in [-0.25, -0.2) is 0 Å². The maximum absolute atomic E-state index is 9.96. The Balaban J connectivity index is 2.13. The molecule has 1 heterocycles. The standard InChI is InChI=1S/C13H15NO4/c15-9-3-1-2-6-7-4-10(16)12(17)13(18)11(7)14-5-8(6)9/h1-4,10-18H,5H2. The molecule has 1 aromatic rings. The first-order chi connectivity index (χ1) is 8.59. The fourth-order valence-corrected chi connectivity index (χ4v) is 2.70. The van der Waals surface area contributed by atoms with E-state index in [0.29, 0.717) is 6.54 Å². The van der Waals surface area contributed by atoms with Gasteiger partial charge in [0.25, 0.3) is 0 Å². The number of hydrogen-bond donors (Lipinski definition) is 5. The molecular formula is C13H15NO4. The van der Waals surface area contributed by atoms with Crippen molar-refractivity contribution in [2.24, 2.45) is 0 Å². The molecule has 0 saturated carbocycles. The van der Waals surface area contributed by atoms with Crippen LogP contribution in [-0.4, -0.2) is 44.8 Å². The van der Waals surface area contributed by atoms with Crippen molar-refractivity contribution in [2.75, 3.05) is 0 Å². The second-order valence-electron chi connectivity index (χ2n) is 4.76. The summed E-state index contributed by atoms with van der Waals surface area (Å²) in [6.45, 7) is 0.421. The average molecular weight is 249 g/mol. The number of aromatic hydroxyl groups is 1. The lowest BCUT2D eigenvalue weighted by Crippen LogP contribution is -2.55. The molecule has 1 aliphatic carbocycles. The Labute approximate surface area is 104 Å². The number of benzene rings is 1. The fourth-order valence-electron chi connectivity index (χ4n) is 2.70. The van der Waals surface area contributed by atoms with E-state index in [4.69, 9.17) is 0 Å². The van der Waals surface area contributed by atoms with Gasteiger partial charge in [-0.1, -0.05) is 12.1 Å². The lowest BCUT2D eigenvalue weighted by Gasteiger charge is -2.39. The van der Waals surface area contributed by atoms with Crippen molar-refractivity contribution in [2.45, 2.75) is 30.9 Å². The molecule has 96 valence electrons. The highest BCUT2D eigenvalue weighted by Crippen LogP contribution is 2.36. The van der Waals surface area contributed by atoms with Crippen LogP contribution in [0.15, 0.2) is 24.3 Å². The number of phenols is 1. The number of fused-ring (bicyclic) bond motifs is 3. The summed E-state index contributed by atoms with van der Waals surface area (Å²) in [5, 5.41) is 42.2. The van der Waals surface area contributed by atoms with Gasteiger partial charge in [-0.3, -0.25) is 0 Å². The molecule has 0 aromatic heterocycles. The summed E-state index contributed by atoms with van der Waals surface area (Å²) < 4.78 is 0. The second kappa shape index (κ2) is 4.07. The molecule has 3 rings (SSSR count). The smallest absolute Gasteiger partial charge is 0.120 e. The van der Waals surface area contributed by atoms with Gasteiger partial charge >= 0.3 is 0 Å². The average Bonchev–Trinajstić information content (AvgIpc) is 2.36. The molecule has 0 saturated heterocycles. The number of aliphatic hydroxyl groups excluding tert-OH is 3. The van der Waals surface area contributed by atoms with Crippen LogP contribution in [0.3, 0.4) is 0 Å². The maximum Gasteiger partial charge on any atom is 0.120 e. The number of phenolic OH excluding ortho intramolecular Hbond substituents is 1. The van der Waals surface area contributed by atoms with E-state index in [2.05, 4.69) is 5.32 Å². The van der Waals surface area contributed by atoms with Crippen molar-refractivity contribution in [1.82, 2.24) is 5.32 Å². The first-order valence-electron chi connectivity index (χ1n) is 5.90. The Morgan fingerprint density at radius 1 is 1.11 bits per heavy atom. The first-order valence-corrected chi connectivity index (χ1v) is 5.90. The molecule has 5 N–H and O–H groups in total. The Morgan fingerprint density at radius 3 is 2.67 bits per heavy atom. The molecule has 0 fully saturated rings. The van der Waals surface area contributed by atoms with Gasteiger partial charge in [0.05, 0.1) is 6.04 Å². The SMILES string of the molecule is Oc1cccc2c1CNC1C2=CC(O)C(O)C1O. The third kappa shape index (κ3) is 1.56. The third-order valence-electron chi connectivity index (χ3n) is 3.69. The van der Waals surface area contributed by atoms with Crippen LogP contribution in [0.5, 0.6) is 5.75 Å². The van der Waals surface area contributed by atoms with E-state index in [1.165, 1.54) is 6.08 Å². The molecule has 18 heavy (non-hydrogen) atoms. The highest BCUT2D eigenvalue weighted by atomic mass is 16.4. The van der Waals surface area contributed by atoms with Crippen LogP contribution in [0.2, 0.25) is 0 Å². The zero-order valence-corrected chi connectivity index (χ0v) is 9.61. The molecule has 5 nitrogen and oxygen atoms in total. The molecule has 0 bridgehead atoms. The lowest BCUT2D eigenvalue weighted by atomic mass is 9.80. The molecule has 5 heteroatoms. The third-order valence-corrected chi connectivity index (χ3v) is 3.69. The minimum atomic E-state index is -1.19. The van der Waals surface area contributed by atoms with Crippen molar-refractivity contribution in [3.63, 3.8) is 0 Å². The minimum absolute atomic E-state index is 0.189. The van der Waals surface area contributed by atoms with Crippen molar-refractivity contribution in [3.05, 3.63) is 35.4 Å². The van der Waals surface area contributed by atoms with Gasteiger partial charge in [-0.05, 0) is 23.3 Å². The summed E-state index contributed by atoms with van der Waals surface area (Å²) in [6.07, 6.45) is -1.81. The molecule has 4 atom stereocenters. The summed E-state index contributed by atoms with van der Waals surface area (Å²) in [7, 11) is 0. The van der Waals surface area contributed by atoms with Crippen LogP contribution >= 0.6 is 0 Å². The Bertz CT molecular complexity index is 514. The molecular weight excluding hydrogens is 234 g/mol. The lowest BCUT2D eigenvalue weighted by molar-refractivity contribution is -0.0548. The number of rotatable bonds is 0. The number of aliphatic hydroxyl groups is 3. The summed E-state index contributed by atoms with van der Waals surface area (Å²) in [6, 6.07) is 4.75. The van der Waals surface area contributed by atoms with E-state index in [1.54, 1.807) is 12.1 Å². The summed E-state index contributed by atoms with van der Waals surface area (Å²) in [5.41, 5.74) is 2.27. The Hall–Kier alpha value is -1.40. The quantitative estimate of drug-likeness (QED) is 0.421. The van der Waals surface area contributed by atoms with Gasteiger partial charge in [-0.15, -0.1) is 0 Å². The summed E-state index contributed by atoms with van der Waals surface area (Å²) >= 11 is 0. The van der Waals surface area contributed by atoms with Gasteiger partial charge in [0.15, 0.2) is 0 Å². The maximum atomic E-state index is 9.96. The first kappa shape index (κ1) is 11.7. The van der Waals surface area contributed by atoms with Crippen LogP contribution in [-0.2, 0) is 6.54 Å². The number of nitrogens with one attached hydrogen (secondary N) is 1. The summed E-state index contributed by atoms with van der Waals surface area (Å²) in [5.74, 6) is 0.189. The molecule has 2 aliphatic rings.